The van der Waals surface area contributed by atoms with Crippen LogP contribution in [0, 0.1) is 0 Å². The van der Waals surface area contributed by atoms with Gasteiger partial charge < -0.3 is 19.5 Å². The molecule has 0 amide bonds. The first-order chi connectivity index (χ1) is 20.0. The van der Waals surface area contributed by atoms with Crippen molar-refractivity contribution >= 4 is 23.0 Å². The lowest BCUT2D eigenvalue weighted by molar-refractivity contribution is -0.152. The number of carboxylic acid groups (broad SMARTS) is 2. The fraction of sp³-hybridized carbons (Fsp3) is 0.206. The van der Waals surface area contributed by atoms with Crippen molar-refractivity contribution in [3.8, 4) is 17.1 Å². The Morgan fingerprint density at radius 3 is 1.95 bits per heavy atom. The summed E-state index contributed by atoms with van der Waals surface area (Å²) in [5, 5.41) is 20.1. The topological polar surface area (TPSA) is 102 Å². The summed E-state index contributed by atoms with van der Waals surface area (Å²) in [4.78, 5) is 29.4. The van der Waals surface area contributed by atoms with Crippen LogP contribution in [0.2, 0.25) is 0 Å². The highest BCUT2D eigenvalue weighted by molar-refractivity contribution is 5.93. The molecule has 0 atom stereocenters. The van der Waals surface area contributed by atoms with Gasteiger partial charge in [-0.05, 0) is 55.3 Å². The lowest BCUT2D eigenvalue weighted by atomic mass is 9.86. The Morgan fingerprint density at radius 1 is 0.780 bits per heavy atom. The lowest BCUT2D eigenvalue weighted by Crippen LogP contribution is -2.42. The van der Waals surface area contributed by atoms with Gasteiger partial charge in [0.05, 0.1) is 16.6 Å². The van der Waals surface area contributed by atoms with Crippen molar-refractivity contribution in [2.75, 3.05) is 0 Å². The minimum absolute atomic E-state index is 0.202. The molecule has 0 aliphatic heterocycles. The zero-order valence-electron chi connectivity index (χ0n) is 22.4. The van der Waals surface area contributed by atoms with E-state index in [1.54, 1.807) is 72.8 Å². The first-order valence-electron chi connectivity index (χ1n) is 13.9. The summed E-state index contributed by atoms with van der Waals surface area (Å²) in [5.41, 5.74) is 1.88. The molecule has 1 fully saturated rings. The average Bonchev–Trinajstić information content (AvgIpc) is 3.40. The molecule has 0 unspecified atom stereocenters. The summed E-state index contributed by atoms with van der Waals surface area (Å²) >= 11 is 0. The van der Waals surface area contributed by atoms with Gasteiger partial charge in [-0.25, -0.2) is 14.6 Å². The second kappa shape index (κ2) is 10.9. The molecule has 4 aromatic carbocycles. The summed E-state index contributed by atoms with van der Waals surface area (Å²) < 4.78 is 8.62. The Balaban J connectivity index is 1.42. The predicted octanol–water partition coefficient (Wildman–Crippen LogP) is 7.31. The Hall–Kier alpha value is -4.91. The van der Waals surface area contributed by atoms with E-state index in [0.717, 1.165) is 42.6 Å². The van der Waals surface area contributed by atoms with E-state index < -0.39 is 17.5 Å². The van der Waals surface area contributed by atoms with Crippen LogP contribution in [0.1, 0.15) is 59.6 Å². The number of aliphatic carboxylic acids is 1. The fourth-order valence-electron chi connectivity index (χ4n) is 5.91. The molecule has 0 bridgehead atoms. The molecule has 41 heavy (non-hydrogen) atoms. The molecule has 7 nitrogen and oxygen atoms in total. The number of rotatable bonds is 8. The number of benzene rings is 4. The van der Waals surface area contributed by atoms with Crippen molar-refractivity contribution in [1.82, 2.24) is 9.55 Å². The zero-order valence-corrected chi connectivity index (χ0v) is 22.4. The fourth-order valence-corrected chi connectivity index (χ4v) is 5.91. The maximum Gasteiger partial charge on any atom is 0.357 e. The number of ether oxygens (including phenoxy) is 1. The van der Waals surface area contributed by atoms with Crippen LogP contribution >= 0.6 is 0 Å². The van der Waals surface area contributed by atoms with Gasteiger partial charge >= 0.3 is 11.9 Å². The molecule has 7 heteroatoms. The van der Waals surface area contributed by atoms with Crippen molar-refractivity contribution in [1.29, 1.82) is 0 Å². The van der Waals surface area contributed by atoms with Crippen molar-refractivity contribution in [3.63, 3.8) is 0 Å². The molecule has 0 saturated heterocycles. The van der Waals surface area contributed by atoms with Crippen LogP contribution in [-0.2, 0) is 10.4 Å². The Kier molecular flexibility index (Phi) is 7.01. The quantitative estimate of drug-likeness (QED) is 0.212. The molecule has 0 spiro atoms. The van der Waals surface area contributed by atoms with Crippen LogP contribution in [-0.4, -0.2) is 31.7 Å². The molecule has 1 heterocycles. The molecule has 1 aliphatic carbocycles. The normalized spacial score (nSPS) is 14.1. The molecular formula is C34H30N2O5. The number of aromatic carboxylic acids is 1. The molecule has 1 aromatic heterocycles. The molecule has 1 saturated carbocycles. The average molecular weight is 547 g/mol. The Labute approximate surface area is 237 Å². The highest BCUT2D eigenvalue weighted by Crippen LogP contribution is 2.39. The SMILES string of the molecule is O=C(O)c1ccc2c(c1)nc(-c1ccc(OC(C(=O)O)(c3ccccc3)c3ccccc3)cc1)n2C1CCCCC1. The van der Waals surface area contributed by atoms with Crippen LogP contribution in [0.4, 0.5) is 0 Å². The number of carbonyl (C=O) groups is 2. The summed E-state index contributed by atoms with van der Waals surface area (Å²) in [7, 11) is 0. The molecule has 0 radical (unpaired) electrons. The number of nitrogens with zero attached hydrogens (tertiary/aromatic N) is 2. The van der Waals surface area contributed by atoms with Gasteiger partial charge in [0.15, 0.2) is 0 Å². The monoisotopic (exact) mass is 546 g/mol. The number of aromatic nitrogens is 2. The van der Waals surface area contributed by atoms with E-state index in [2.05, 4.69) is 4.57 Å². The van der Waals surface area contributed by atoms with E-state index in [4.69, 9.17) is 9.72 Å². The molecular weight excluding hydrogens is 516 g/mol. The largest absolute Gasteiger partial charge is 0.478 e. The van der Waals surface area contributed by atoms with Gasteiger partial charge in [0.1, 0.15) is 11.6 Å². The summed E-state index contributed by atoms with van der Waals surface area (Å²) in [6.45, 7) is 0. The molecule has 6 rings (SSSR count). The van der Waals surface area contributed by atoms with E-state index in [0.29, 0.717) is 22.4 Å². The zero-order chi connectivity index (χ0) is 28.4. The smallest absolute Gasteiger partial charge is 0.357 e. The maximum absolute atomic E-state index is 12.9. The number of fused-ring (bicyclic) bond motifs is 1. The minimum Gasteiger partial charge on any atom is -0.478 e. The summed E-state index contributed by atoms with van der Waals surface area (Å²) in [5.74, 6) is -0.942. The van der Waals surface area contributed by atoms with Crippen molar-refractivity contribution in [2.45, 2.75) is 43.7 Å². The number of imidazole rings is 1. The molecule has 5 aromatic rings. The van der Waals surface area contributed by atoms with E-state index in [-0.39, 0.29) is 11.6 Å². The van der Waals surface area contributed by atoms with Gasteiger partial charge in [-0.2, -0.15) is 0 Å². The van der Waals surface area contributed by atoms with E-state index >= 15 is 0 Å². The van der Waals surface area contributed by atoms with Gasteiger partial charge in [-0.1, -0.05) is 79.9 Å². The van der Waals surface area contributed by atoms with E-state index in [9.17, 15) is 19.8 Å². The maximum atomic E-state index is 12.9. The first-order valence-corrected chi connectivity index (χ1v) is 13.9. The second-order valence-electron chi connectivity index (χ2n) is 10.5. The van der Waals surface area contributed by atoms with E-state index in [1.165, 1.54) is 6.42 Å². The third-order valence-corrected chi connectivity index (χ3v) is 7.92. The first kappa shape index (κ1) is 26.3. The lowest BCUT2D eigenvalue weighted by Gasteiger charge is -2.31. The van der Waals surface area contributed by atoms with Crippen LogP contribution in [0.5, 0.6) is 5.75 Å². The molecule has 2 N–H and O–H groups in total. The Morgan fingerprint density at radius 2 is 1.39 bits per heavy atom. The number of hydrogen-bond donors (Lipinski definition) is 2. The third kappa shape index (κ3) is 4.84. The standard InChI is InChI=1S/C34H30N2O5/c37-32(38)24-18-21-30-29(22-24)35-31(36(30)27-14-8-3-9-15-27)23-16-19-28(20-17-23)41-34(33(39)40,25-10-4-1-5-11-25)26-12-6-2-7-13-26/h1-2,4-7,10-13,16-22,27H,3,8-9,14-15H2,(H,37,38)(H,39,40). The number of carboxylic acids is 2. The van der Waals surface area contributed by atoms with Crippen LogP contribution < -0.4 is 4.74 Å². The number of hydrogen-bond acceptors (Lipinski definition) is 4. The molecule has 206 valence electrons. The third-order valence-electron chi connectivity index (χ3n) is 7.92. The van der Waals surface area contributed by atoms with Gasteiger partial charge in [0.2, 0.25) is 0 Å². The van der Waals surface area contributed by atoms with Crippen LogP contribution in [0.25, 0.3) is 22.4 Å². The minimum atomic E-state index is -1.74. The van der Waals surface area contributed by atoms with Crippen molar-refractivity contribution in [2.24, 2.45) is 0 Å². The second-order valence-corrected chi connectivity index (χ2v) is 10.5. The van der Waals surface area contributed by atoms with Crippen LogP contribution in [0.3, 0.4) is 0 Å². The summed E-state index contributed by atoms with van der Waals surface area (Å²) in [6.07, 6.45) is 5.56. The highest BCUT2D eigenvalue weighted by atomic mass is 16.5. The van der Waals surface area contributed by atoms with Gasteiger partial charge in [-0.15, -0.1) is 0 Å². The molecule has 1 aliphatic rings. The summed E-state index contributed by atoms with van der Waals surface area (Å²) in [6, 6.07) is 30.6. The van der Waals surface area contributed by atoms with Gasteiger partial charge in [0, 0.05) is 22.7 Å². The predicted molar refractivity (Wildman–Crippen MR) is 156 cm³/mol. The highest BCUT2D eigenvalue weighted by Gasteiger charge is 2.45. The van der Waals surface area contributed by atoms with Crippen molar-refractivity contribution < 1.29 is 24.5 Å². The van der Waals surface area contributed by atoms with Crippen molar-refractivity contribution in [3.05, 3.63) is 120 Å². The van der Waals surface area contributed by atoms with E-state index in [1.807, 2.05) is 30.3 Å². The Bertz CT molecular complexity index is 1650. The van der Waals surface area contributed by atoms with Gasteiger partial charge in [0.25, 0.3) is 5.60 Å². The van der Waals surface area contributed by atoms with Gasteiger partial charge in [-0.3, -0.25) is 0 Å². The van der Waals surface area contributed by atoms with Crippen LogP contribution in [0.15, 0.2) is 103 Å².